The SMILES string of the molecule is C=Cc1cc([C@@H](C)NC(=O)NCc2ccc(C(C)(C)C)cc2)ccc1NS(C)(=O)=O. The third-order valence-corrected chi connectivity index (χ3v) is 5.30. The summed E-state index contributed by atoms with van der Waals surface area (Å²) in [6.07, 6.45) is 2.67. The molecule has 0 aliphatic rings. The Morgan fingerprint density at radius 2 is 1.77 bits per heavy atom. The molecule has 2 amide bonds. The van der Waals surface area contributed by atoms with E-state index in [1.54, 1.807) is 24.3 Å². The van der Waals surface area contributed by atoms with Crippen LogP contribution in [-0.2, 0) is 22.0 Å². The first kappa shape index (κ1) is 23.5. The highest BCUT2D eigenvalue weighted by molar-refractivity contribution is 7.92. The van der Waals surface area contributed by atoms with Crippen LogP contribution in [-0.4, -0.2) is 20.7 Å². The Bertz CT molecular complexity index is 1010. The molecule has 0 saturated carbocycles. The van der Waals surface area contributed by atoms with Gasteiger partial charge in [-0.3, -0.25) is 4.72 Å². The average Bonchev–Trinajstić information content (AvgIpc) is 2.65. The molecule has 6 nitrogen and oxygen atoms in total. The van der Waals surface area contributed by atoms with Crippen molar-refractivity contribution in [2.45, 2.75) is 45.7 Å². The first-order valence-corrected chi connectivity index (χ1v) is 11.7. The summed E-state index contributed by atoms with van der Waals surface area (Å²) in [7, 11) is -3.38. The standard InChI is InChI=1S/C23H31N3O3S/c1-7-18-14-19(10-13-21(18)26-30(6,28)29)16(2)25-22(27)24-15-17-8-11-20(12-9-17)23(3,4)5/h7-14,16,26H,1,15H2,2-6H3,(H2,24,25,27)/t16-/m1/s1. The molecule has 0 saturated heterocycles. The summed E-state index contributed by atoms with van der Waals surface area (Å²) >= 11 is 0. The number of rotatable bonds is 7. The Hall–Kier alpha value is -2.80. The number of anilines is 1. The van der Waals surface area contributed by atoms with Gasteiger partial charge in [-0.2, -0.15) is 0 Å². The Labute approximate surface area is 179 Å². The molecule has 2 aromatic rings. The van der Waals surface area contributed by atoms with Crippen LogP contribution in [0.15, 0.2) is 49.0 Å². The molecule has 30 heavy (non-hydrogen) atoms. The highest BCUT2D eigenvalue weighted by Crippen LogP contribution is 2.24. The van der Waals surface area contributed by atoms with Crippen LogP contribution in [0, 0.1) is 0 Å². The minimum absolute atomic E-state index is 0.0927. The molecule has 0 spiro atoms. The number of sulfonamides is 1. The van der Waals surface area contributed by atoms with Gasteiger partial charge in [0.05, 0.1) is 18.0 Å². The molecule has 7 heteroatoms. The molecular weight excluding hydrogens is 398 g/mol. The number of carbonyl (C=O) groups excluding carboxylic acids is 1. The van der Waals surface area contributed by atoms with Crippen molar-refractivity contribution in [1.82, 2.24) is 10.6 Å². The fourth-order valence-corrected chi connectivity index (χ4v) is 3.53. The lowest BCUT2D eigenvalue weighted by Gasteiger charge is -2.19. The van der Waals surface area contributed by atoms with Crippen LogP contribution in [0.25, 0.3) is 6.08 Å². The van der Waals surface area contributed by atoms with E-state index in [1.807, 2.05) is 19.1 Å². The molecule has 0 aliphatic carbocycles. The number of hydrogen-bond acceptors (Lipinski definition) is 3. The molecule has 0 aromatic heterocycles. The number of urea groups is 1. The van der Waals surface area contributed by atoms with Crippen molar-refractivity contribution in [3.63, 3.8) is 0 Å². The second kappa shape index (κ2) is 9.34. The molecule has 3 N–H and O–H groups in total. The van der Waals surface area contributed by atoms with E-state index in [-0.39, 0.29) is 17.5 Å². The number of amides is 2. The Kier molecular flexibility index (Phi) is 7.31. The maximum atomic E-state index is 12.3. The molecule has 162 valence electrons. The predicted octanol–water partition coefficient (Wildman–Crippen LogP) is 4.56. The normalized spacial score (nSPS) is 12.7. The van der Waals surface area contributed by atoms with Gasteiger partial charge in [-0.05, 0) is 46.7 Å². The van der Waals surface area contributed by atoms with E-state index in [2.05, 4.69) is 54.8 Å². The Morgan fingerprint density at radius 1 is 1.13 bits per heavy atom. The zero-order chi connectivity index (χ0) is 22.5. The largest absolute Gasteiger partial charge is 0.334 e. The molecule has 1 atom stereocenters. The molecule has 0 bridgehead atoms. The van der Waals surface area contributed by atoms with Crippen LogP contribution in [0.4, 0.5) is 10.5 Å². The van der Waals surface area contributed by atoms with Gasteiger partial charge in [0, 0.05) is 6.54 Å². The zero-order valence-electron chi connectivity index (χ0n) is 18.2. The Balaban J connectivity index is 1.97. The maximum Gasteiger partial charge on any atom is 0.315 e. The van der Waals surface area contributed by atoms with Gasteiger partial charge in [-0.1, -0.05) is 63.8 Å². The lowest BCUT2D eigenvalue weighted by atomic mass is 9.87. The van der Waals surface area contributed by atoms with Crippen molar-refractivity contribution in [3.05, 3.63) is 71.3 Å². The molecule has 0 radical (unpaired) electrons. The van der Waals surface area contributed by atoms with Crippen LogP contribution in [0.5, 0.6) is 0 Å². The van der Waals surface area contributed by atoms with E-state index in [0.717, 1.165) is 17.4 Å². The Morgan fingerprint density at radius 3 is 2.30 bits per heavy atom. The van der Waals surface area contributed by atoms with E-state index in [4.69, 9.17) is 0 Å². The molecule has 2 rings (SSSR count). The van der Waals surface area contributed by atoms with Crippen LogP contribution in [0.1, 0.15) is 56.0 Å². The van der Waals surface area contributed by atoms with E-state index in [1.165, 1.54) is 5.56 Å². The fraction of sp³-hybridized carbons (Fsp3) is 0.348. The topological polar surface area (TPSA) is 87.3 Å². The lowest BCUT2D eigenvalue weighted by molar-refractivity contribution is 0.237. The highest BCUT2D eigenvalue weighted by Gasteiger charge is 2.14. The van der Waals surface area contributed by atoms with E-state index in [0.29, 0.717) is 17.8 Å². The highest BCUT2D eigenvalue weighted by atomic mass is 32.2. The lowest BCUT2D eigenvalue weighted by Crippen LogP contribution is -2.36. The van der Waals surface area contributed by atoms with Crippen LogP contribution in [0.3, 0.4) is 0 Å². The molecule has 2 aromatic carbocycles. The first-order valence-electron chi connectivity index (χ1n) is 9.77. The number of benzene rings is 2. The third kappa shape index (κ3) is 6.91. The van der Waals surface area contributed by atoms with E-state index < -0.39 is 10.0 Å². The quantitative estimate of drug-likeness (QED) is 0.603. The summed E-state index contributed by atoms with van der Waals surface area (Å²) in [5, 5.41) is 5.77. The fourth-order valence-electron chi connectivity index (χ4n) is 2.95. The molecule has 0 heterocycles. The zero-order valence-corrected chi connectivity index (χ0v) is 19.1. The van der Waals surface area contributed by atoms with Crippen molar-refractivity contribution >= 4 is 27.8 Å². The summed E-state index contributed by atoms with van der Waals surface area (Å²) in [5.74, 6) is 0. The van der Waals surface area contributed by atoms with Crippen molar-refractivity contribution < 1.29 is 13.2 Å². The van der Waals surface area contributed by atoms with Gasteiger partial charge in [0.1, 0.15) is 0 Å². The van der Waals surface area contributed by atoms with E-state index >= 15 is 0 Å². The second-order valence-electron chi connectivity index (χ2n) is 8.42. The van der Waals surface area contributed by atoms with Gasteiger partial charge in [-0.15, -0.1) is 0 Å². The average molecular weight is 430 g/mol. The van der Waals surface area contributed by atoms with Crippen LogP contribution >= 0.6 is 0 Å². The van der Waals surface area contributed by atoms with Crippen LogP contribution < -0.4 is 15.4 Å². The minimum atomic E-state index is -3.38. The first-order chi connectivity index (χ1) is 13.9. The van der Waals surface area contributed by atoms with Crippen molar-refractivity contribution in [1.29, 1.82) is 0 Å². The summed E-state index contributed by atoms with van der Waals surface area (Å²) in [6.45, 7) is 12.5. The van der Waals surface area contributed by atoms with Gasteiger partial charge in [0.2, 0.25) is 10.0 Å². The number of hydrogen-bond donors (Lipinski definition) is 3. The smallest absolute Gasteiger partial charge is 0.315 e. The van der Waals surface area contributed by atoms with Gasteiger partial charge in [-0.25, -0.2) is 13.2 Å². The molecule has 0 fully saturated rings. The maximum absolute atomic E-state index is 12.3. The molecular formula is C23H31N3O3S. The second-order valence-corrected chi connectivity index (χ2v) is 10.2. The summed E-state index contributed by atoms with van der Waals surface area (Å²) in [6, 6.07) is 12.9. The van der Waals surface area contributed by atoms with Gasteiger partial charge < -0.3 is 10.6 Å². The minimum Gasteiger partial charge on any atom is -0.334 e. The van der Waals surface area contributed by atoms with Crippen molar-refractivity contribution in [2.24, 2.45) is 0 Å². The molecule has 0 aliphatic heterocycles. The van der Waals surface area contributed by atoms with Crippen molar-refractivity contribution in [2.75, 3.05) is 11.0 Å². The van der Waals surface area contributed by atoms with Crippen LogP contribution in [0.2, 0.25) is 0 Å². The summed E-state index contributed by atoms with van der Waals surface area (Å²) < 4.78 is 25.4. The van der Waals surface area contributed by atoms with Gasteiger partial charge >= 0.3 is 6.03 Å². The monoisotopic (exact) mass is 429 g/mol. The predicted molar refractivity (Wildman–Crippen MR) is 124 cm³/mol. The van der Waals surface area contributed by atoms with Gasteiger partial charge in [0.15, 0.2) is 0 Å². The van der Waals surface area contributed by atoms with Crippen molar-refractivity contribution in [3.8, 4) is 0 Å². The van der Waals surface area contributed by atoms with E-state index in [9.17, 15) is 13.2 Å². The molecule has 0 unspecified atom stereocenters. The number of nitrogens with one attached hydrogen (secondary N) is 3. The number of carbonyl (C=O) groups is 1. The summed E-state index contributed by atoms with van der Waals surface area (Å²) in [5.41, 5.74) is 4.30. The third-order valence-electron chi connectivity index (χ3n) is 4.71. The van der Waals surface area contributed by atoms with Gasteiger partial charge in [0.25, 0.3) is 0 Å². The summed E-state index contributed by atoms with van der Waals surface area (Å²) in [4.78, 5) is 12.3.